The van der Waals surface area contributed by atoms with Gasteiger partial charge in [-0.25, -0.2) is 4.99 Å². The number of aliphatic imine (C=N–C) groups is 2. The van der Waals surface area contributed by atoms with Gasteiger partial charge in [-0.05, 0) is 0 Å². The summed E-state index contributed by atoms with van der Waals surface area (Å²) in [5, 5.41) is 0. The molecule has 0 N–H and O–H groups in total. The first kappa shape index (κ1) is 7.86. The van der Waals surface area contributed by atoms with Crippen LogP contribution in [0.1, 0.15) is 5.56 Å². The van der Waals surface area contributed by atoms with E-state index in [0.717, 1.165) is 11.3 Å². The molecule has 1 aliphatic heterocycles. The first-order valence-corrected chi connectivity index (χ1v) is 4.03. The quantitative estimate of drug-likeness (QED) is 0.625. The summed E-state index contributed by atoms with van der Waals surface area (Å²) < 4.78 is 0. The summed E-state index contributed by atoms with van der Waals surface area (Å²) in [5.74, 6) is -0.181. The van der Waals surface area contributed by atoms with Gasteiger partial charge in [0.15, 0.2) is 0 Å². The lowest BCUT2D eigenvalue weighted by atomic mass is 10.1. The van der Waals surface area contributed by atoms with E-state index in [2.05, 4.69) is 9.98 Å². The van der Waals surface area contributed by atoms with Gasteiger partial charge in [-0.15, -0.1) is 0 Å². The molecule has 1 aromatic carbocycles. The molecule has 0 spiro atoms. The number of benzene rings is 1. The Morgan fingerprint density at radius 3 is 2.54 bits per heavy atom. The molecule has 0 radical (unpaired) electrons. The van der Waals surface area contributed by atoms with Gasteiger partial charge in [-0.2, -0.15) is 0 Å². The highest BCUT2D eigenvalue weighted by Gasteiger charge is 2.06. The van der Waals surface area contributed by atoms with E-state index >= 15 is 0 Å². The molecule has 1 aliphatic rings. The molecule has 0 aromatic heterocycles. The second-order valence-corrected chi connectivity index (χ2v) is 2.72. The molecule has 0 atom stereocenters. The predicted octanol–water partition coefficient (Wildman–Crippen LogP) is 1.09. The summed E-state index contributed by atoms with van der Waals surface area (Å²) in [6.45, 7) is 0.167. The molecule has 2 rings (SSSR count). The largest absolute Gasteiger partial charge is 0.273 e. The second kappa shape index (κ2) is 3.31. The zero-order valence-electron chi connectivity index (χ0n) is 6.97. The van der Waals surface area contributed by atoms with Crippen LogP contribution in [-0.4, -0.2) is 24.4 Å². The maximum atomic E-state index is 10.7. The molecule has 1 amide bonds. The van der Waals surface area contributed by atoms with Gasteiger partial charge >= 0.3 is 0 Å². The Bertz CT molecular complexity index is 379. The molecule has 3 nitrogen and oxygen atoms in total. The van der Waals surface area contributed by atoms with Gasteiger partial charge in [-0.1, -0.05) is 30.3 Å². The Hall–Kier alpha value is -1.77. The van der Waals surface area contributed by atoms with Crippen LogP contribution in [0.3, 0.4) is 0 Å². The van der Waals surface area contributed by atoms with Gasteiger partial charge in [-0.3, -0.25) is 9.79 Å². The van der Waals surface area contributed by atoms with E-state index in [0.29, 0.717) is 0 Å². The number of hydrogen-bond donors (Lipinski definition) is 0. The van der Waals surface area contributed by atoms with Crippen molar-refractivity contribution in [3.05, 3.63) is 35.9 Å². The molecular formula is C10H8N2O. The SMILES string of the molecule is O=C1CN=C(c2ccccc2)C=N1. The molecule has 13 heavy (non-hydrogen) atoms. The van der Waals surface area contributed by atoms with Crippen molar-refractivity contribution in [2.24, 2.45) is 9.98 Å². The highest BCUT2D eigenvalue weighted by atomic mass is 16.1. The van der Waals surface area contributed by atoms with Gasteiger partial charge in [0.05, 0.1) is 11.9 Å². The lowest BCUT2D eigenvalue weighted by Gasteiger charge is -2.03. The van der Waals surface area contributed by atoms with Gasteiger partial charge < -0.3 is 0 Å². The molecule has 0 saturated heterocycles. The van der Waals surface area contributed by atoms with Crippen molar-refractivity contribution in [2.75, 3.05) is 6.54 Å². The van der Waals surface area contributed by atoms with E-state index in [1.807, 2.05) is 30.3 Å². The summed E-state index contributed by atoms with van der Waals surface area (Å²) in [7, 11) is 0. The predicted molar refractivity (Wildman–Crippen MR) is 51.3 cm³/mol. The minimum absolute atomic E-state index is 0.167. The van der Waals surface area contributed by atoms with Crippen LogP contribution in [0.4, 0.5) is 0 Å². The summed E-state index contributed by atoms with van der Waals surface area (Å²) in [4.78, 5) is 18.5. The fourth-order valence-electron chi connectivity index (χ4n) is 1.14. The Morgan fingerprint density at radius 1 is 1.15 bits per heavy atom. The minimum Gasteiger partial charge on any atom is -0.273 e. The van der Waals surface area contributed by atoms with Crippen LogP contribution in [0, 0.1) is 0 Å². The van der Waals surface area contributed by atoms with Gasteiger partial charge in [0, 0.05) is 5.56 Å². The minimum atomic E-state index is -0.181. The molecule has 0 saturated carbocycles. The Morgan fingerprint density at radius 2 is 1.92 bits per heavy atom. The van der Waals surface area contributed by atoms with Crippen LogP contribution in [0.5, 0.6) is 0 Å². The highest BCUT2D eigenvalue weighted by Crippen LogP contribution is 2.02. The third-order valence-corrected chi connectivity index (χ3v) is 1.79. The number of carbonyl (C=O) groups is 1. The summed E-state index contributed by atoms with van der Waals surface area (Å²) in [5.41, 5.74) is 1.78. The Labute approximate surface area is 75.8 Å². The van der Waals surface area contributed by atoms with Gasteiger partial charge in [0.1, 0.15) is 6.54 Å². The van der Waals surface area contributed by atoms with Crippen LogP contribution in [0.15, 0.2) is 40.3 Å². The lowest BCUT2D eigenvalue weighted by molar-refractivity contribution is -0.116. The first-order valence-electron chi connectivity index (χ1n) is 4.03. The molecule has 0 unspecified atom stereocenters. The van der Waals surface area contributed by atoms with E-state index in [4.69, 9.17) is 0 Å². The van der Waals surface area contributed by atoms with Crippen LogP contribution < -0.4 is 0 Å². The number of rotatable bonds is 1. The van der Waals surface area contributed by atoms with Crippen LogP contribution in [0.25, 0.3) is 0 Å². The van der Waals surface area contributed by atoms with E-state index < -0.39 is 0 Å². The molecular weight excluding hydrogens is 164 g/mol. The molecule has 64 valence electrons. The van der Waals surface area contributed by atoms with Crippen molar-refractivity contribution < 1.29 is 4.79 Å². The molecule has 0 fully saturated rings. The molecule has 0 aliphatic carbocycles. The van der Waals surface area contributed by atoms with E-state index in [-0.39, 0.29) is 12.5 Å². The van der Waals surface area contributed by atoms with Crippen molar-refractivity contribution in [2.45, 2.75) is 0 Å². The molecule has 3 heteroatoms. The zero-order valence-corrected chi connectivity index (χ0v) is 6.97. The number of nitrogens with zero attached hydrogens (tertiary/aromatic N) is 2. The van der Waals surface area contributed by atoms with Crippen molar-refractivity contribution in [1.29, 1.82) is 0 Å². The number of carbonyl (C=O) groups excluding carboxylic acids is 1. The number of hydrogen-bond acceptors (Lipinski definition) is 2. The topological polar surface area (TPSA) is 41.8 Å². The smallest absolute Gasteiger partial charge is 0.267 e. The standard InChI is InChI=1S/C10H8N2O/c13-10-7-11-9(6-12-10)8-4-2-1-3-5-8/h1-6H,7H2. The second-order valence-electron chi connectivity index (χ2n) is 2.72. The fraction of sp³-hybridized carbons (Fsp3) is 0.100. The average Bonchev–Trinajstić information content (AvgIpc) is 2.20. The van der Waals surface area contributed by atoms with Gasteiger partial charge in [0.2, 0.25) is 0 Å². The van der Waals surface area contributed by atoms with Crippen LogP contribution in [-0.2, 0) is 4.79 Å². The number of amides is 1. The monoisotopic (exact) mass is 172 g/mol. The van der Waals surface area contributed by atoms with Crippen molar-refractivity contribution in [3.63, 3.8) is 0 Å². The summed E-state index contributed by atoms with van der Waals surface area (Å²) >= 11 is 0. The zero-order chi connectivity index (χ0) is 9.10. The van der Waals surface area contributed by atoms with E-state index in [1.165, 1.54) is 6.21 Å². The Kier molecular flexibility index (Phi) is 2.00. The Balaban J connectivity index is 2.30. The van der Waals surface area contributed by atoms with Gasteiger partial charge in [0.25, 0.3) is 5.91 Å². The maximum Gasteiger partial charge on any atom is 0.267 e. The third-order valence-electron chi connectivity index (χ3n) is 1.79. The average molecular weight is 172 g/mol. The van der Waals surface area contributed by atoms with Crippen LogP contribution in [0.2, 0.25) is 0 Å². The third kappa shape index (κ3) is 1.69. The lowest BCUT2D eigenvalue weighted by Crippen LogP contribution is -2.13. The van der Waals surface area contributed by atoms with Crippen molar-refractivity contribution in [3.8, 4) is 0 Å². The molecule has 1 heterocycles. The summed E-state index contributed by atoms with van der Waals surface area (Å²) in [6, 6.07) is 9.70. The van der Waals surface area contributed by atoms with Crippen molar-refractivity contribution >= 4 is 17.8 Å². The molecule has 0 bridgehead atoms. The van der Waals surface area contributed by atoms with Crippen LogP contribution >= 0.6 is 0 Å². The molecule has 1 aromatic rings. The fourth-order valence-corrected chi connectivity index (χ4v) is 1.14. The highest BCUT2D eigenvalue weighted by molar-refractivity contribution is 6.40. The normalized spacial score (nSPS) is 15.7. The maximum absolute atomic E-state index is 10.7. The summed E-state index contributed by atoms with van der Waals surface area (Å²) in [6.07, 6.45) is 1.52. The van der Waals surface area contributed by atoms with E-state index in [1.54, 1.807) is 0 Å². The first-order chi connectivity index (χ1) is 6.36. The van der Waals surface area contributed by atoms with Crippen molar-refractivity contribution in [1.82, 2.24) is 0 Å². The van der Waals surface area contributed by atoms with E-state index in [9.17, 15) is 4.79 Å².